The number of anilines is 2. The predicted molar refractivity (Wildman–Crippen MR) is 154 cm³/mol. The Morgan fingerprint density at radius 1 is 1.03 bits per heavy atom. The average molecular weight is 570 g/mol. The van der Waals surface area contributed by atoms with Crippen LogP contribution in [0, 0.1) is 0 Å². The average Bonchev–Trinajstić information content (AvgIpc) is 3.36. The summed E-state index contributed by atoms with van der Waals surface area (Å²) in [5.41, 5.74) is 1.96. The Labute approximate surface area is 231 Å². The summed E-state index contributed by atoms with van der Waals surface area (Å²) < 4.78 is 28.2. The molecule has 11 heteroatoms. The number of hydrogen-bond acceptors (Lipinski definition) is 7. The van der Waals surface area contributed by atoms with Crippen LogP contribution in [-0.4, -0.2) is 70.5 Å². The van der Waals surface area contributed by atoms with Crippen LogP contribution in [0.25, 0.3) is 10.2 Å². The van der Waals surface area contributed by atoms with Crippen LogP contribution in [0.3, 0.4) is 0 Å². The van der Waals surface area contributed by atoms with Crippen LogP contribution in [0.4, 0.5) is 10.8 Å². The third kappa shape index (κ3) is 5.78. The Kier molecular flexibility index (Phi) is 7.85. The number of hydrogen-bond donors (Lipinski definition) is 1. The van der Waals surface area contributed by atoms with Crippen molar-refractivity contribution < 1.29 is 13.2 Å². The molecule has 1 amide bonds. The van der Waals surface area contributed by atoms with E-state index >= 15 is 0 Å². The Balaban J connectivity index is 1.10. The number of amides is 1. The molecule has 5 rings (SSSR count). The molecule has 4 aromatic rings. The van der Waals surface area contributed by atoms with E-state index in [9.17, 15) is 13.2 Å². The summed E-state index contributed by atoms with van der Waals surface area (Å²) in [6, 6.07) is 20.7. The van der Waals surface area contributed by atoms with E-state index in [2.05, 4.69) is 15.1 Å². The molecule has 1 aliphatic rings. The molecule has 2 heterocycles. The van der Waals surface area contributed by atoms with Gasteiger partial charge in [0, 0.05) is 56.9 Å². The fraction of sp³-hybridized carbons (Fsp3) is 0.259. The summed E-state index contributed by atoms with van der Waals surface area (Å²) in [5.74, 6) is -0.225. The molecule has 1 aromatic heterocycles. The van der Waals surface area contributed by atoms with Crippen molar-refractivity contribution in [3.63, 3.8) is 0 Å². The number of fused-ring (bicyclic) bond motifs is 1. The first-order chi connectivity index (χ1) is 18.3. The highest BCUT2D eigenvalue weighted by Crippen LogP contribution is 2.31. The molecule has 1 aliphatic heterocycles. The molecule has 0 bridgehead atoms. The smallest absolute Gasteiger partial charge is 0.264 e. The van der Waals surface area contributed by atoms with Crippen molar-refractivity contribution in [1.82, 2.24) is 15.2 Å². The Morgan fingerprint density at radius 3 is 2.45 bits per heavy atom. The number of benzene rings is 3. The highest BCUT2D eigenvalue weighted by Gasteiger charge is 2.22. The largest absolute Gasteiger partial charge is 0.351 e. The van der Waals surface area contributed by atoms with Gasteiger partial charge < -0.3 is 10.2 Å². The van der Waals surface area contributed by atoms with Crippen molar-refractivity contribution in [1.29, 1.82) is 0 Å². The third-order valence-corrected chi connectivity index (χ3v) is 9.70. The predicted octanol–water partition coefficient (Wildman–Crippen LogP) is 4.33. The number of thiazole rings is 1. The van der Waals surface area contributed by atoms with Gasteiger partial charge >= 0.3 is 0 Å². The van der Waals surface area contributed by atoms with Gasteiger partial charge in [0.05, 0.1) is 20.8 Å². The number of piperazine rings is 1. The molecule has 0 saturated carbocycles. The Morgan fingerprint density at radius 2 is 1.74 bits per heavy atom. The second kappa shape index (κ2) is 11.3. The van der Waals surface area contributed by atoms with Crippen LogP contribution >= 0.6 is 22.9 Å². The molecule has 0 spiro atoms. The maximum absolute atomic E-state index is 12.9. The summed E-state index contributed by atoms with van der Waals surface area (Å²) in [6.45, 7) is 4.75. The lowest BCUT2D eigenvalue weighted by Gasteiger charge is -2.34. The molecule has 3 aromatic carbocycles. The molecule has 0 unspecified atom stereocenters. The van der Waals surface area contributed by atoms with Crippen LogP contribution in [0.5, 0.6) is 0 Å². The number of sulfonamides is 1. The molecule has 1 fully saturated rings. The number of para-hydroxylation sites is 1. The zero-order chi connectivity index (χ0) is 26.7. The van der Waals surface area contributed by atoms with Crippen molar-refractivity contribution in [2.75, 3.05) is 55.5 Å². The zero-order valence-corrected chi connectivity index (χ0v) is 23.3. The van der Waals surface area contributed by atoms with Gasteiger partial charge in [-0.15, -0.1) is 0 Å². The van der Waals surface area contributed by atoms with E-state index in [1.54, 1.807) is 47.7 Å². The van der Waals surface area contributed by atoms with Gasteiger partial charge in [-0.25, -0.2) is 13.4 Å². The maximum atomic E-state index is 12.9. The Hall–Kier alpha value is -3.18. The van der Waals surface area contributed by atoms with Crippen molar-refractivity contribution in [3.8, 4) is 0 Å². The lowest BCUT2D eigenvalue weighted by atomic mass is 10.2. The molecule has 1 N–H and O–H groups in total. The van der Waals surface area contributed by atoms with Crippen LogP contribution < -0.4 is 14.5 Å². The number of nitrogens with zero attached hydrogens (tertiary/aromatic N) is 4. The molecule has 198 valence electrons. The van der Waals surface area contributed by atoms with Crippen LogP contribution in [-0.2, 0) is 10.0 Å². The molecule has 0 atom stereocenters. The number of halogens is 1. The lowest BCUT2D eigenvalue weighted by Crippen LogP contribution is -2.48. The zero-order valence-electron chi connectivity index (χ0n) is 20.9. The van der Waals surface area contributed by atoms with Gasteiger partial charge in [-0.3, -0.25) is 14.0 Å². The second-order valence-corrected chi connectivity index (χ2v) is 12.4. The summed E-state index contributed by atoms with van der Waals surface area (Å²) >= 11 is 7.76. The van der Waals surface area contributed by atoms with E-state index in [1.807, 2.05) is 24.3 Å². The monoisotopic (exact) mass is 569 g/mol. The topological polar surface area (TPSA) is 85.8 Å². The van der Waals surface area contributed by atoms with Crippen molar-refractivity contribution >= 4 is 59.9 Å². The third-order valence-electron chi connectivity index (χ3n) is 6.59. The lowest BCUT2D eigenvalue weighted by molar-refractivity contribution is 0.0947. The van der Waals surface area contributed by atoms with Crippen molar-refractivity contribution in [2.24, 2.45) is 0 Å². The van der Waals surface area contributed by atoms with Gasteiger partial charge in [-0.2, -0.15) is 0 Å². The van der Waals surface area contributed by atoms with E-state index in [0.717, 1.165) is 53.1 Å². The molecule has 38 heavy (non-hydrogen) atoms. The minimum Gasteiger partial charge on any atom is -0.351 e. The normalized spacial score (nSPS) is 14.5. The SMILES string of the molecule is CN(c1ccccc1)S(=O)(=O)c1ccc(C(=O)NCCN2CCN(c3nc4ccc(Cl)cc4s3)CC2)cc1. The summed E-state index contributed by atoms with van der Waals surface area (Å²) in [4.78, 5) is 22.1. The minimum absolute atomic E-state index is 0.134. The fourth-order valence-electron chi connectivity index (χ4n) is 4.33. The van der Waals surface area contributed by atoms with E-state index in [-0.39, 0.29) is 10.8 Å². The summed E-state index contributed by atoms with van der Waals surface area (Å²) in [5, 5.41) is 4.67. The van der Waals surface area contributed by atoms with E-state index in [0.29, 0.717) is 17.8 Å². The maximum Gasteiger partial charge on any atom is 0.264 e. The summed E-state index contributed by atoms with van der Waals surface area (Å²) in [7, 11) is -2.20. The van der Waals surface area contributed by atoms with Crippen LogP contribution in [0.1, 0.15) is 10.4 Å². The van der Waals surface area contributed by atoms with Gasteiger partial charge in [0.1, 0.15) is 0 Å². The highest BCUT2D eigenvalue weighted by atomic mass is 35.5. The van der Waals surface area contributed by atoms with Gasteiger partial charge in [-0.05, 0) is 54.6 Å². The first-order valence-corrected chi connectivity index (χ1v) is 14.9. The number of rotatable bonds is 8. The first kappa shape index (κ1) is 26.4. The van der Waals surface area contributed by atoms with E-state index in [1.165, 1.54) is 23.5 Å². The fourth-order valence-corrected chi connectivity index (χ4v) is 6.82. The minimum atomic E-state index is -3.72. The Bertz CT molecular complexity index is 1520. The molecule has 0 aliphatic carbocycles. The molecular weight excluding hydrogens is 542 g/mol. The van der Waals surface area contributed by atoms with Gasteiger partial charge in [0.2, 0.25) is 0 Å². The molecule has 0 radical (unpaired) electrons. The van der Waals surface area contributed by atoms with Crippen molar-refractivity contribution in [3.05, 3.63) is 83.4 Å². The van der Waals surface area contributed by atoms with Crippen molar-refractivity contribution in [2.45, 2.75) is 4.90 Å². The quantitative estimate of drug-likeness (QED) is 0.340. The number of carbonyl (C=O) groups excluding carboxylic acids is 1. The second-order valence-electron chi connectivity index (χ2n) is 9.03. The van der Waals surface area contributed by atoms with E-state index in [4.69, 9.17) is 16.6 Å². The molecular formula is C27H28ClN5O3S2. The van der Waals surface area contributed by atoms with E-state index < -0.39 is 10.0 Å². The molecule has 1 saturated heterocycles. The van der Waals surface area contributed by atoms with Crippen LogP contribution in [0.2, 0.25) is 5.02 Å². The van der Waals surface area contributed by atoms with Gasteiger partial charge in [-0.1, -0.05) is 41.1 Å². The van der Waals surface area contributed by atoms with Gasteiger partial charge in [0.15, 0.2) is 5.13 Å². The first-order valence-electron chi connectivity index (χ1n) is 12.3. The van der Waals surface area contributed by atoms with Gasteiger partial charge in [0.25, 0.3) is 15.9 Å². The molecule has 8 nitrogen and oxygen atoms in total. The number of aromatic nitrogens is 1. The standard InChI is InChI=1S/C27H28ClN5O3S2/c1-31(22-5-3-2-4-6-22)38(35,36)23-10-7-20(8-11-23)26(34)29-13-14-32-15-17-33(18-16-32)27-30-24-12-9-21(28)19-25(24)37-27/h2-12,19H,13-18H2,1H3,(H,29,34). The number of nitrogens with one attached hydrogen (secondary N) is 1. The number of carbonyl (C=O) groups is 1. The summed E-state index contributed by atoms with van der Waals surface area (Å²) in [6.07, 6.45) is 0. The highest BCUT2D eigenvalue weighted by molar-refractivity contribution is 7.92. The van der Waals surface area contributed by atoms with Crippen LogP contribution in [0.15, 0.2) is 77.7 Å².